The van der Waals surface area contributed by atoms with Gasteiger partial charge >= 0.3 is 0 Å². The van der Waals surface area contributed by atoms with E-state index in [1.165, 1.54) is 31.4 Å². The molecule has 3 rings (SSSR count). The molecule has 2 aliphatic heterocycles. The molecule has 2 aliphatic rings. The lowest BCUT2D eigenvalue weighted by Gasteiger charge is -2.44. The Bertz CT molecular complexity index is 456. The number of nitrogens with one attached hydrogen (secondary N) is 1. The van der Waals surface area contributed by atoms with Gasteiger partial charge in [0.2, 0.25) is 0 Å². The van der Waals surface area contributed by atoms with Crippen LogP contribution in [0.15, 0.2) is 30.3 Å². The van der Waals surface area contributed by atoms with Crippen molar-refractivity contribution >= 4 is 17.7 Å². The van der Waals surface area contributed by atoms with Crippen molar-refractivity contribution in [3.63, 3.8) is 0 Å². The number of rotatable bonds is 2. The predicted octanol–water partition coefficient (Wildman–Crippen LogP) is 3.18. The molecule has 2 fully saturated rings. The summed E-state index contributed by atoms with van der Waals surface area (Å²) in [4.78, 5) is 2.67. The summed E-state index contributed by atoms with van der Waals surface area (Å²) in [5.74, 6) is 0. The van der Waals surface area contributed by atoms with Crippen LogP contribution in [0.1, 0.15) is 24.8 Å². The molecule has 0 saturated carbocycles. The molecule has 0 bridgehead atoms. The number of nitrogens with zero attached hydrogens (tertiary/aromatic N) is 1. The van der Waals surface area contributed by atoms with E-state index in [0.717, 1.165) is 24.2 Å². The van der Waals surface area contributed by atoms with E-state index in [4.69, 9.17) is 11.6 Å². The fourth-order valence-electron chi connectivity index (χ4n) is 3.25. The Kier molecular flexibility index (Phi) is 4.21. The first-order valence-corrected chi connectivity index (χ1v) is 7.61. The zero-order valence-electron chi connectivity index (χ0n) is 11.2. The van der Waals surface area contributed by atoms with Crippen molar-refractivity contribution in [3.05, 3.63) is 40.9 Å². The van der Waals surface area contributed by atoms with Crippen molar-refractivity contribution in [2.24, 2.45) is 0 Å². The van der Waals surface area contributed by atoms with Crippen LogP contribution in [0.2, 0.25) is 5.02 Å². The van der Waals surface area contributed by atoms with Gasteiger partial charge in [-0.1, -0.05) is 35.9 Å². The molecular weight excluding hydrogens is 256 g/mol. The molecular formula is C16H21ClN2. The van der Waals surface area contributed by atoms with Crippen LogP contribution < -0.4 is 5.32 Å². The molecule has 3 heteroatoms. The van der Waals surface area contributed by atoms with Crippen molar-refractivity contribution in [2.45, 2.75) is 31.3 Å². The summed E-state index contributed by atoms with van der Waals surface area (Å²) < 4.78 is 0. The number of halogens is 1. The second-order valence-corrected chi connectivity index (χ2v) is 5.94. The molecule has 0 spiro atoms. The molecule has 0 aromatic heterocycles. The fraction of sp³-hybridized carbons (Fsp3) is 0.500. The Morgan fingerprint density at radius 2 is 2.26 bits per heavy atom. The molecule has 1 aromatic carbocycles. The Morgan fingerprint density at radius 1 is 1.32 bits per heavy atom. The molecule has 19 heavy (non-hydrogen) atoms. The monoisotopic (exact) mass is 276 g/mol. The topological polar surface area (TPSA) is 15.3 Å². The maximum absolute atomic E-state index is 6.02. The third-order valence-corrected chi connectivity index (χ3v) is 4.45. The molecule has 1 aromatic rings. The summed E-state index contributed by atoms with van der Waals surface area (Å²) >= 11 is 6.02. The van der Waals surface area contributed by atoms with Crippen LogP contribution in [0, 0.1) is 0 Å². The number of hydrogen-bond donors (Lipinski definition) is 1. The van der Waals surface area contributed by atoms with E-state index in [-0.39, 0.29) is 0 Å². The maximum atomic E-state index is 6.02. The predicted molar refractivity (Wildman–Crippen MR) is 81.5 cm³/mol. The lowest BCUT2D eigenvalue weighted by Crippen LogP contribution is -2.56. The number of piperidine rings is 1. The van der Waals surface area contributed by atoms with Crippen LogP contribution in [0.25, 0.3) is 6.08 Å². The summed E-state index contributed by atoms with van der Waals surface area (Å²) in [6.45, 7) is 3.45. The van der Waals surface area contributed by atoms with Crippen LogP contribution in [0.5, 0.6) is 0 Å². The second-order valence-electron chi connectivity index (χ2n) is 5.51. The minimum absolute atomic E-state index is 0.597. The fourth-order valence-corrected chi connectivity index (χ4v) is 3.45. The molecule has 2 heterocycles. The van der Waals surface area contributed by atoms with Crippen molar-refractivity contribution in [2.75, 3.05) is 19.6 Å². The Hall–Kier alpha value is -0.830. The highest BCUT2D eigenvalue weighted by Gasteiger charge is 2.30. The summed E-state index contributed by atoms with van der Waals surface area (Å²) in [7, 11) is 0. The number of fused-ring (bicyclic) bond motifs is 1. The van der Waals surface area contributed by atoms with Gasteiger partial charge in [-0.25, -0.2) is 0 Å². The molecule has 1 unspecified atom stereocenters. The second kappa shape index (κ2) is 6.08. The Morgan fingerprint density at radius 3 is 3.16 bits per heavy atom. The lowest BCUT2D eigenvalue weighted by atomic mass is 9.93. The van der Waals surface area contributed by atoms with Gasteiger partial charge in [0.05, 0.1) is 0 Å². The van der Waals surface area contributed by atoms with E-state index >= 15 is 0 Å². The van der Waals surface area contributed by atoms with Gasteiger partial charge in [0.1, 0.15) is 0 Å². The summed E-state index contributed by atoms with van der Waals surface area (Å²) in [6, 6.07) is 9.40. The molecule has 2 saturated heterocycles. The number of hydrogen-bond acceptors (Lipinski definition) is 2. The third-order valence-electron chi connectivity index (χ3n) is 4.22. The smallest absolute Gasteiger partial charge is 0.0411 e. The first kappa shape index (κ1) is 13.2. The van der Waals surface area contributed by atoms with Crippen molar-refractivity contribution < 1.29 is 0 Å². The third kappa shape index (κ3) is 3.19. The standard InChI is InChI=1S/C16H21ClN2/c17-14-4-1-3-13(11-14)7-8-15-5-2-6-16-12-18-9-10-19(15)16/h1,3-4,7-8,11,15-16,18H,2,5-6,9-10,12H2/b8-7+/t15-,16?/m1/s1. The van der Waals surface area contributed by atoms with Gasteiger partial charge in [0, 0.05) is 36.7 Å². The molecule has 0 aliphatic carbocycles. The molecule has 1 N–H and O–H groups in total. The highest BCUT2D eigenvalue weighted by molar-refractivity contribution is 6.30. The molecule has 2 nitrogen and oxygen atoms in total. The zero-order chi connectivity index (χ0) is 13.1. The van der Waals surface area contributed by atoms with Crippen LogP contribution in [-0.2, 0) is 0 Å². The van der Waals surface area contributed by atoms with Crippen LogP contribution in [-0.4, -0.2) is 36.6 Å². The zero-order valence-corrected chi connectivity index (χ0v) is 11.9. The van der Waals surface area contributed by atoms with Crippen LogP contribution in [0.4, 0.5) is 0 Å². The summed E-state index contributed by atoms with van der Waals surface area (Å²) in [5.41, 5.74) is 1.20. The van der Waals surface area contributed by atoms with E-state index in [2.05, 4.69) is 28.4 Å². The van der Waals surface area contributed by atoms with E-state index < -0.39 is 0 Å². The highest BCUT2D eigenvalue weighted by Crippen LogP contribution is 2.25. The molecule has 102 valence electrons. The van der Waals surface area contributed by atoms with Crippen molar-refractivity contribution in [3.8, 4) is 0 Å². The van der Waals surface area contributed by atoms with Gasteiger partial charge < -0.3 is 5.32 Å². The summed E-state index contributed by atoms with van der Waals surface area (Å²) in [6.07, 6.45) is 8.56. The SMILES string of the molecule is Clc1cccc(/C=C/[C@H]2CCCC3CNCCN32)c1. The first-order valence-electron chi connectivity index (χ1n) is 7.23. The van der Waals surface area contributed by atoms with Gasteiger partial charge in [0.15, 0.2) is 0 Å². The minimum atomic E-state index is 0.597. The van der Waals surface area contributed by atoms with E-state index in [9.17, 15) is 0 Å². The first-order chi connectivity index (χ1) is 9.33. The normalized spacial score (nSPS) is 28.5. The highest BCUT2D eigenvalue weighted by atomic mass is 35.5. The lowest BCUT2D eigenvalue weighted by molar-refractivity contribution is 0.0856. The average molecular weight is 277 g/mol. The average Bonchev–Trinajstić information content (AvgIpc) is 2.45. The van der Waals surface area contributed by atoms with E-state index in [1.54, 1.807) is 0 Å². The van der Waals surface area contributed by atoms with Gasteiger partial charge in [-0.15, -0.1) is 0 Å². The van der Waals surface area contributed by atoms with Crippen molar-refractivity contribution in [1.29, 1.82) is 0 Å². The van der Waals surface area contributed by atoms with Gasteiger partial charge in [-0.05, 0) is 37.0 Å². The summed E-state index contributed by atoms with van der Waals surface area (Å²) in [5, 5.41) is 4.31. The van der Waals surface area contributed by atoms with Crippen molar-refractivity contribution in [1.82, 2.24) is 10.2 Å². The van der Waals surface area contributed by atoms with Crippen LogP contribution in [0.3, 0.4) is 0 Å². The Labute approximate surface area is 120 Å². The van der Waals surface area contributed by atoms with E-state index in [0.29, 0.717) is 6.04 Å². The quantitative estimate of drug-likeness (QED) is 0.893. The minimum Gasteiger partial charge on any atom is -0.314 e. The Balaban J connectivity index is 1.71. The largest absolute Gasteiger partial charge is 0.314 e. The van der Waals surface area contributed by atoms with Gasteiger partial charge in [0.25, 0.3) is 0 Å². The maximum Gasteiger partial charge on any atom is 0.0411 e. The van der Waals surface area contributed by atoms with Crippen LogP contribution >= 0.6 is 11.6 Å². The molecule has 2 atom stereocenters. The number of piperazine rings is 1. The van der Waals surface area contributed by atoms with E-state index in [1.807, 2.05) is 18.2 Å². The molecule has 0 radical (unpaired) electrons. The number of benzene rings is 1. The molecule has 0 amide bonds. The van der Waals surface area contributed by atoms with Gasteiger partial charge in [-0.3, -0.25) is 4.90 Å². The van der Waals surface area contributed by atoms with Gasteiger partial charge in [-0.2, -0.15) is 0 Å².